The summed E-state index contributed by atoms with van der Waals surface area (Å²) in [4.78, 5) is 24.3. The zero-order valence-electron chi connectivity index (χ0n) is 13.3. The van der Waals surface area contributed by atoms with Crippen LogP contribution in [0.2, 0.25) is 0 Å². The molecule has 23 heavy (non-hydrogen) atoms. The Bertz CT molecular complexity index is 678. The number of aryl methyl sites for hydroxylation is 1. The highest BCUT2D eigenvalue weighted by Gasteiger charge is 2.15. The summed E-state index contributed by atoms with van der Waals surface area (Å²) in [5, 5.41) is 4.61. The lowest BCUT2D eigenvalue weighted by molar-refractivity contribution is -0.124. The van der Waals surface area contributed by atoms with E-state index in [1.54, 1.807) is 7.11 Å². The highest BCUT2D eigenvalue weighted by Crippen LogP contribution is 2.18. The number of hydrogen-bond donors (Lipinski definition) is 1. The first-order valence-electron chi connectivity index (χ1n) is 7.15. The second-order valence-corrected chi connectivity index (χ2v) is 5.99. The number of nitrogens with one attached hydrogen (secondary N) is 1. The lowest BCUT2D eigenvalue weighted by Crippen LogP contribution is -2.31. The molecule has 1 N–H and O–H groups in total. The molecule has 0 saturated carbocycles. The first-order valence-corrected chi connectivity index (χ1v) is 8.03. The molecule has 1 amide bonds. The highest BCUT2D eigenvalue weighted by atomic mass is 32.1. The van der Waals surface area contributed by atoms with Crippen molar-refractivity contribution in [2.45, 2.75) is 19.9 Å². The maximum atomic E-state index is 11.9. The molecule has 1 heterocycles. The minimum absolute atomic E-state index is 0.185. The van der Waals surface area contributed by atoms with Crippen molar-refractivity contribution in [3.05, 3.63) is 51.7 Å². The molecule has 1 aromatic carbocycles. The van der Waals surface area contributed by atoms with Crippen LogP contribution < -0.4 is 10.1 Å². The molecule has 1 aromatic heterocycles. The number of carbonyl (C=O) groups is 2. The van der Waals surface area contributed by atoms with Crippen LogP contribution in [0.1, 0.15) is 33.8 Å². The normalized spacial score (nSPS) is 11.6. The molecule has 2 aromatic rings. The van der Waals surface area contributed by atoms with E-state index in [9.17, 15) is 9.59 Å². The van der Waals surface area contributed by atoms with Crippen molar-refractivity contribution in [2.24, 2.45) is 0 Å². The third-order valence-electron chi connectivity index (χ3n) is 3.38. The Hall–Kier alpha value is -2.34. The minimum Gasteiger partial charge on any atom is -0.497 e. The van der Waals surface area contributed by atoms with Gasteiger partial charge in [-0.2, -0.15) is 0 Å². The number of methoxy groups -OCH3 is 1. The molecule has 5 nitrogen and oxygen atoms in total. The molecule has 0 aliphatic carbocycles. The van der Waals surface area contributed by atoms with E-state index in [-0.39, 0.29) is 18.6 Å². The van der Waals surface area contributed by atoms with Gasteiger partial charge in [-0.3, -0.25) is 4.79 Å². The van der Waals surface area contributed by atoms with Crippen LogP contribution in [0.4, 0.5) is 0 Å². The maximum Gasteiger partial charge on any atom is 0.349 e. The third kappa shape index (κ3) is 4.56. The maximum absolute atomic E-state index is 11.9. The van der Waals surface area contributed by atoms with Crippen molar-refractivity contribution < 1.29 is 19.1 Å². The van der Waals surface area contributed by atoms with Crippen LogP contribution in [0.25, 0.3) is 0 Å². The van der Waals surface area contributed by atoms with E-state index in [0.29, 0.717) is 4.88 Å². The summed E-state index contributed by atoms with van der Waals surface area (Å²) in [6.45, 7) is 3.40. The lowest BCUT2D eigenvalue weighted by Gasteiger charge is -2.14. The molecule has 2 rings (SSSR count). The van der Waals surface area contributed by atoms with Crippen molar-refractivity contribution in [3.63, 3.8) is 0 Å². The second-order valence-electron chi connectivity index (χ2n) is 5.07. The molecule has 0 aliphatic heterocycles. The van der Waals surface area contributed by atoms with Crippen LogP contribution in [0.15, 0.2) is 35.7 Å². The van der Waals surface area contributed by atoms with Gasteiger partial charge in [0, 0.05) is 0 Å². The highest BCUT2D eigenvalue weighted by molar-refractivity contribution is 7.12. The molecular weight excluding hydrogens is 314 g/mol. The molecular formula is C17H19NO4S. The molecule has 0 bridgehead atoms. The fraction of sp³-hybridized carbons (Fsp3) is 0.294. The van der Waals surface area contributed by atoms with Crippen molar-refractivity contribution in [2.75, 3.05) is 13.7 Å². The fourth-order valence-electron chi connectivity index (χ4n) is 2.04. The molecule has 0 fully saturated rings. The Morgan fingerprint density at radius 2 is 1.91 bits per heavy atom. The summed E-state index contributed by atoms with van der Waals surface area (Å²) < 4.78 is 10.1. The average molecular weight is 333 g/mol. The number of ether oxygens (including phenoxy) is 2. The Kier molecular flexibility index (Phi) is 5.76. The van der Waals surface area contributed by atoms with Gasteiger partial charge in [0.2, 0.25) is 0 Å². The second kappa shape index (κ2) is 7.78. The van der Waals surface area contributed by atoms with E-state index < -0.39 is 5.97 Å². The van der Waals surface area contributed by atoms with Crippen LogP contribution in [-0.4, -0.2) is 25.6 Å². The van der Waals surface area contributed by atoms with Crippen LogP contribution >= 0.6 is 11.3 Å². The van der Waals surface area contributed by atoms with E-state index in [1.807, 2.05) is 49.6 Å². The smallest absolute Gasteiger partial charge is 0.349 e. The Morgan fingerprint density at radius 1 is 1.22 bits per heavy atom. The monoisotopic (exact) mass is 333 g/mol. The van der Waals surface area contributed by atoms with E-state index in [0.717, 1.165) is 16.9 Å². The van der Waals surface area contributed by atoms with Crippen molar-refractivity contribution in [3.8, 4) is 5.75 Å². The van der Waals surface area contributed by atoms with E-state index >= 15 is 0 Å². The Labute approximate surface area is 139 Å². The van der Waals surface area contributed by atoms with Crippen LogP contribution in [0.5, 0.6) is 5.75 Å². The van der Waals surface area contributed by atoms with Crippen LogP contribution in [0, 0.1) is 6.92 Å². The van der Waals surface area contributed by atoms with E-state index in [1.165, 1.54) is 11.3 Å². The van der Waals surface area contributed by atoms with Crippen LogP contribution in [-0.2, 0) is 9.53 Å². The van der Waals surface area contributed by atoms with Gasteiger partial charge < -0.3 is 14.8 Å². The average Bonchev–Trinajstić information content (AvgIpc) is 2.98. The molecule has 122 valence electrons. The number of thiophene rings is 1. The summed E-state index contributed by atoms with van der Waals surface area (Å²) in [7, 11) is 1.60. The number of rotatable bonds is 6. The molecule has 0 unspecified atom stereocenters. The number of esters is 1. The number of hydrogen-bond acceptors (Lipinski definition) is 5. The molecule has 0 spiro atoms. The van der Waals surface area contributed by atoms with Gasteiger partial charge in [0.25, 0.3) is 5.91 Å². The largest absolute Gasteiger partial charge is 0.497 e. The fourth-order valence-corrected chi connectivity index (χ4v) is 2.85. The Balaban J connectivity index is 1.84. The predicted molar refractivity (Wildman–Crippen MR) is 88.9 cm³/mol. The van der Waals surface area contributed by atoms with Gasteiger partial charge in [0.1, 0.15) is 10.6 Å². The first-order chi connectivity index (χ1) is 11.0. The standard InChI is InChI=1S/C17H19NO4S/c1-11-8-9-23-16(11)17(20)22-10-15(19)18-12(2)13-4-6-14(21-3)7-5-13/h4-9,12H,10H2,1-3H3,(H,18,19)/t12-/m0/s1. The third-order valence-corrected chi connectivity index (χ3v) is 4.37. The van der Waals surface area contributed by atoms with E-state index in [4.69, 9.17) is 9.47 Å². The summed E-state index contributed by atoms with van der Waals surface area (Å²) >= 11 is 1.31. The molecule has 0 radical (unpaired) electrons. The van der Waals surface area contributed by atoms with Gasteiger partial charge >= 0.3 is 5.97 Å². The summed E-state index contributed by atoms with van der Waals surface area (Å²) in [6, 6.07) is 9.08. The molecule has 1 atom stereocenters. The Morgan fingerprint density at radius 3 is 2.48 bits per heavy atom. The van der Waals surface area contributed by atoms with Crippen molar-refractivity contribution in [1.82, 2.24) is 5.32 Å². The van der Waals surface area contributed by atoms with Gasteiger partial charge in [0.05, 0.1) is 13.2 Å². The molecule has 6 heteroatoms. The summed E-state index contributed by atoms with van der Waals surface area (Å²) in [6.07, 6.45) is 0. The summed E-state index contributed by atoms with van der Waals surface area (Å²) in [5.74, 6) is -0.0480. The van der Waals surface area contributed by atoms with Gasteiger partial charge in [-0.25, -0.2) is 4.79 Å². The first kappa shape index (κ1) is 17.0. The quantitative estimate of drug-likeness (QED) is 0.825. The lowest BCUT2D eigenvalue weighted by atomic mass is 10.1. The molecule has 0 aliphatic rings. The van der Waals surface area contributed by atoms with Gasteiger partial charge in [0.15, 0.2) is 6.61 Å². The number of benzene rings is 1. The van der Waals surface area contributed by atoms with Crippen molar-refractivity contribution in [1.29, 1.82) is 0 Å². The topological polar surface area (TPSA) is 64.6 Å². The van der Waals surface area contributed by atoms with Gasteiger partial charge in [-0.15, -0.1) is 11.3 Å². The SMILES string of the molecule is COc1ccc([C@H](C)NC(=O)COC(=O)c2sccc2C)cc1. The minimum atomic E-state index is -0.468. The zero-order chi connectivity index (χ0) is 16.8. The number of carbonyl (C=O) groups excluding carboxylic acids is 2. The van der Waals surface area contributed by atoms with Crippen LogP contribution in [0.3, 0.4) is 0 Å². The number of amides is 1. The summed E-state index contributed by atoms with van der Waals surface area (Å²) in [5.41, 5.74) is 1.80. The van der Waals surface area contributed by atoms with Gasteiger partial charge in [-0.05, 0) is 48.6 Å². The zero-order valence-corrected chi connectivity index (χ0v) is 14.1. The van der Waals surface area contributed by atoms with E-state index in [2.05, 4.69) is 5.32 Å². The molecule has 0 saturated heterocycles. The van der Waals surface area contributed by atoms with Gasteiger partial charge in [-0.1, -0.05) is 12.1 Å². The van der Waals surface area contributed by atoms with Crippen molar-refractivity contribution >= 4 is 23.2 Å². The predicted octanol–water partition coefficient (Wildman–Crippen LogP) is 3.10.